The van der Waals surface area contributed by atoms with Crippen molar-refractivity contribution in [3.05, 3.63) is 134 Å². The summed E-state index contributed by atoms with van der Waals surface area (Å²) in [5.41, 5.74) is 1.02. The van der Waals surface area contributed by atoms with Crippen LogP contribution in [0.1, 0.15) is 64.4 Å². The fraction of sp³-hybridized carbons (Fsp3) is 0.381. The second-order valence-corrected chi connectivity index (χ2v) is 14.9. The number of ether oxygens (including phenoxy) is 4. The summed E-state index contributed by atoms with van der Waals surface area (Å²) in [4.78, 5) is 10.4. The molecule has 0 spiro atoms. The molecule has 3 fully saturated rings. The van der Waals surface area contributed by atoms with E-state index in [0.717, 1.165) is 5.56 Å². The van der Waals surface area contributed by atoms with Crippen LogP contribution in [0.5, 0.6) is 0 Å². The van der Waals surface area contributed by atoms with Crippen molar-refractivity contribution >= 4 is 30.1 Å². The molecule has 0 radical (unpaired) electrons. The first-order valence-corrected chi connectivity index (χ1v) is 18.6. The molecule has 0 unspecified atom stereocenters. The molecular formula is C42H48FeO7P+. The number of fused-ring (bicyclic) bond motifs is 1. The van der Waals surface area contributed by atoms with Crippen LogP contribution in [0, 0.1) is 6.65 Å². The van der Waals surface area contributed by atoms with Crippen LogP contribution in [0.15, 0.2) is 121 Å². The number of aliphatic hydroxyl groups is 1. The van der Waals surface area contributed by atoms with E-state index in [1.54, 1.807) is 6.29 Å². The van der Waals surface area contributed by atoms with E-state index in [9.17, 15) is 9.90 Å². The molecule has 4 aromatic rings. The molecule has 9 heteroatoms. The van der Waals surface area contributed by atoms with E-state index >= 15 is 0 Å². The van der Waals surface area contributed by atoms with Gasteiger partial charge in [0.05, 0.1) is 12.7 Å². The summed E-state index contributed by atoms with van der Waals surface area (Å²) < 4.78 is 31.0. The molecule has 1 aliphatic carbocycles. The Morgan fingerprint density at radius 3 is 1.65 bits per heavy atom. The molecule has 2 saturated heterocycles. The maximum Gasteiger partial charge on any atom is 2.00 e. The third-order valence-corrected chi connectivity index (χ3v) is 11.0. The van der Waals surface area contributed by atoms with E-state index in [1.165, 1.54) is 48.0 Å². The predicted molar refractivity (Wildman–Crippen MR) is 197 cm³/mol. The normalized spacial score (nSPS) is 21.6. The molecule has 5 atom stereocenters. The van der Waals surface area contributed by atoms with E-state index < -0.39 is 44.4 Å². The number of hydrogen-bond acceptors (Lipinski definition) is 6. The van der Waals surface area contributed by atoms with Crippen molar-refractivity contribution < 1.29 is 50.6 Å². The zero-order chi connectivity index (χ0) is 35.6. The molecule has 3 aliphatic rings. The molecule has 0 amide bonds. The summed E-state index contributed by atoms with van der Waals surface area (Å²) in [6.45, 7) is 8.51. The van der Waals surface area contributed by atoms with Gasteiger partial charge in [0.1, 0.15) is 18.3 Å². The summed E-state index contributed by atoms with van der Waals surface area (Å²) in [6.07, 6.45) is 6.79. The number of carbonyl (C=O) groups excluding carboxylic acids is 1. The van der Waals surface area contributed by atoms with Gasteiger partial charge in [0.25, 0.3) is 0 Å². The van der Waals surface area contributed by atoms with Crippen molar-refractivity contribution in [3.8, 4) is 0 Å². The van der Waals surface area contributed by atoms with E-state index in [-0.39, 0.29) is 29.9 Å². The molecule has 7 rings (SSSR count). The average Bonchev–Trinajstić information content (AvgIpc) is 3.91. The van der Waals surface area contributed by atoms with Crippen molar-refractivity contribution in [2.75, 3.05) is 0 Å². The number of benzene rings is 4. The van der Waals surface area contributed by atoms with E-state index in [0.29, 0.717) is 6.61 Å². The van der Waals surface area contributed by atoms with Gasteiger partial charge in [-0.2, -0.15) is 0 Å². The standard InChI is InChI=1S/C18H23O6.C18H15P.C5H10.CO.Fe/c1-18(2)23-16-15(21-11-12-7-4-3-5-8-12)14(22-17(16)24-18)13(20)9-6-10-19;1-4-10-16(11-5-1)19(17-12-6-2-7-13-17)18-14-8-3-9-15-18;1-2-4-5-3-1;1-2;/h3-5,7-8,13-17,20H,6,9,11H2,1-2H3;1-15H;1-5H2;;/q-1;;;;+2/t13-,14-,15-,16-,17-;;;;/m1..../s1. The quantitative estimate of drug-likeness (QED) is 0.0809. The number of hydrogen-bond donors (Lipinski definition) is 1. The summed E-state index contributed by atoms with van der Waals surface area (Å²) in [7, 11) is -0.446. The molecule has 7 nitrogen and oxygen atoms in total. The van der Waals surface area contributed by atoms with Gasteiger partial charge in [-0.15, -0.1) is 6.42 Å². The zero-order valence-electron chi connectivity index (χ0n) is 29.3. The summed E-state index contributed by atoms with van der Waals surface area (Å²) in [6, 6.07) is 42.1. The minimum Gasteiger partial charge on any atom is -0.0622 e. The Balaban J connectivity index is 0.000000232. The van der Waals surface area contributed by atoms with Crippen LogP contribution in [0.2, 0.25) is 0 Å². The molecule has 2 aliphatic heterocycles. The molecule has 270 valence electrons. The minimum atomic E-state index is -0.840. The van der Waals surface area contributed by atoms with Gasteiger partial charge in [-0.1, -0.05) is 153 Å². The van der Waals surface area contributed by atoms with Crippen molar-refractivity contribution in [2.45, 2.75) is 102 Å². The van der Waals surface area contributed by atoms with Crippen LogP contribution in [0.25, 0.3) is 0 Å². The SMILES string of the molecule is C1CCCC1.CC1(C)O[C@H]2O[C@H]([C@H](O)CC[C-]=O)[C@@H](OCc3ccccc3)[C@H]2O1.[C-]#[O+].[Fe+2].c1ccc(P(c2ccccc2)c2ccccc2)cc1. The molecule has 0 aromatic heterocycles. The van der Waals surface area contributed by atoms with Gasteiger partial charge in [0, 0.05) is 0 Å². The number of rotatable bonds is 10. The van der Waals surface area contributed by atoms with Gasteiger partial charge in [-0.25, -0.2) is 0 Å². The second-order valence-electron chi connectivity index (χ2n) is 12.7. The van der Waals surface area contributed by atoms with Crippen LogP contribution in [0.4, 0.5) is 0 Å². The second kappa shape index (κ2) is 22.9. The maximum absolute atomic E-state index is 10.4. The first-order valence-electron chi connectivity index (χ1n) is 17.3. The Labute approximate surface area is 315 Å². The third kappa shape index (κ3) is 13.2. The maximum atomic E-state index is 10.4. The van der Waals surface area contributed by atoms with Crippen LogP contribution >= 0.6 is 7.92 Å². The average molecular weight is 752 g/mol. The van der Waals surface area contributed by atoms with Gasteiger partial charge in [-0.3, -0.25) is 6.29 Å². The molecule has 1 N–H and O–H groups in total. The van der Waals surface area contributed by atoms with Gasteiger partial charge in [0.2, 0.25) is 0 Å². The largest absolute Gasteiger partial charge is 2.00 e. The van der Waals surface area contributed by atoms with E-state index in [1.807, 2.05) is 44.2 Å². The number of aliphatic hydroxyl groups excluding tert-OH is 1. The molecule has 4 aromatic carbocycles. The smallest absolute Gasteiger partial charge is 0.0622 e. The monoisotopic (exact) mass is 751 g/mol. The molecule has 1 saturated carbocycles. The summed E-state index contributed by atoms with van der Waals surface area (Å²) in [5, 5.41) is 14.5. The Hall–Kier alpha value is -2.96. The van der Waals surface area contributed by atoms with Gasteiger partial charge >= 0.3 is 28.4 Å². The Morgan fingerprint density at radius 2 is 1.22 bits per heavy atom. The van der Waals surface area contributed by atoms with Crippen molar-refractivity contribution in [1.82, 2.24) is 0 Å². The van der Waals surface area contributed by atoms with Crippen LogP contribution in [0.3, 0.4) is 0 Å². The van der Waals surface area contributed by atoms with E-state index in [4.69, 9.17) is 23.6 Å². The Bertz CT molecular complexity index is 1420. The van der Waals surface area contributed by atoms with Crippen molar-refractivity contribution in [3.63, 3.8) is 0 Å². The fourth-order valence-electron chi connectivity index (χ4n) is 6.20. The van der Waals surface area contributed by atoms with Crippen LogP contribution in [-0.2, 0) is 52.1 Å². The Morgan fingerprint density at radius 1 is 0.784 bits per heavy atom. The first-order chi connectivity index (χ1) is 24.4. The predicted octanol–water partition coefficient (Wildman–Crippen LogP) is 7.05. The van der Waals surface area contributed by atoms with Crippen molar-refractivity contribution in [2.24, 2.45) is 0 Å². The molecule has 51 heavy (non-hydrogen) atoms. The molecular weight excluding hydrogens is 703 g/mol. The van der Waals surface area contributed by atoms with Crippen molar-refractivity contribution in [1.29, 1.82) is 0 Å². The van der Waals surface area contributed by atoms with Gasteiger partial charge < -0.3 is 28.8 Å². The van der Waals surface area contributed by atoms with Gasteiger partial charge in [-0.05, 0) is 49.7 Å². The third-order valence-electron chi connectivity index (χ3n) is 8.53. The summed E-state index contributed by atoms with van der Waals surface area (Å²) in [5.74, 6) is -0.754. The zero-order valence-corrected chi connectivity index (χ0v) is 31.3. The van der Waals surface area contributed by atoms with E-state index in [2.05, 4.69) is 97.6 Å². The minimum absolute atomic E-state index is 0. The van der Waals surface area contributed by atoms with Crippen LogP contribution < -0.4 is 15.9 Å². The topological polar surface area (TPSA) is 94.1 Å². The molecule has 0 bridgehead atoms. The van der Waals surface area contributed by atoms with Crippen LogP contribution in [-0.4, -0.2) is 47.9 Å². The van der Waals surface area contributed by atoms with Gasteiger partial charge in [0.15, 0.2) is 12.1 Å². The molecule has 2 heterocycles. The fourth-order valence-corrected chi connectivity index (χ4v) is 8.51. The summed E-state index contributed by atoms with van der Waals surface area (Å²) >= 11 is 0. The Kier molecular flexibility index (Phi) is 19.0. The first kappa shape index (κ1) is 42.5.